The number of morpholine rings is 1. The Hall–Kier alpha value is -2.17. The molecule has 1 fully saturated rings. The zero-order chi connectivity index (χ0) is 25.8. The van der Waals surface area contributed by atoms with E-state index in [2.05, 4.69) is 69.0 Å². The van der Waals surface area contributed by atoms with E-state index in [-0.39, 0.29) is 11.2 Å². The molecule has 36 heavy (non-hydrogen) atoms. The lowest BCUT2D eigenvalue weighted by Gasteiger charge is -2.44. The second kappa shape index (κ2) is 11.5. The largest absolute Gasteiger partial charge is 0.497 e. The number of carbonyl (C=O) groups is 1. The smallest absolute Gasteiger partial charge is 0.183 e. The molecule has 0 spiro atoms. The lowest BCUT2D eigenvalue weighted by atomic mass is 9.70. The van der Waals surface area contributed by atoms with Gasteiger partial charge in [-0.1, -0.05) is 71.6 Å². The van der Waals surface area contributed by atoms with Crippen molar-refractivity contribution in [2.24, 2.45) is 0 Å². The van der Waals surface area contributed by atoms with E-state index in [1.165, 1.54) is 35.1 Å². The summed E-state index contributed by atoms with van der Waals surface area (Å²) in [6, 6.07) is 13.2. The van der Waals surface area contributed by atoms with Gasteiger partial charge in [-0.2, -0.15) is 0 Å². The highest BCUT2D eigenvalue weighted by molar-refractivity contribution is 6.04. The molecule has 0 bridgehead atoms. The molecule has 0 N–H and O–H groups in total. The van der Waals surface area contributed by atoms with Crippen molar-refractivity contribution in [3.63, 3.8) is 0 Å². The van der Waals surface area contributed by atoms with Gasteiger partial charge in [-0.25, -0.2) is 0 Å². The quantitative estimate of drug-likeness (QED) is 0.290. The molecule has 0 aromatic heterocycles. The molecule has 0 unspecified atom stereocenters. The highest BCUT2D eigenvalue weighted by atomic mass is 16.5. The van der Waals surface area contributed by atoms with Crippen LogP contribution in [0.1, 0.15) is 101 Å². The Morgan fingerprint density at radius 3 is 2.06 bits per heavy atom. The van der Waals surface area contributed by atoms with Crippen LogP contribution < -0.4 is 4.74 Å². The zero-order valence-corrected chi connectivity index (χ0v) is 23.1. The van der Waals surface area contributed by atoms with E-state index in [4.69, 9.17) is 9.47 Å². The van der Waals surface area contributed by atoms with E-state index in [0.717, 1.165) is 62.9 Å². The van der Waals surface area contributed by atoms with Gasteiger partial charge in [0.15, 0.2) is 5.78 Å². The van der Waals surface area contributed by atoms with Crippen molar-refractivity contribution in [2.45, 2.75) is 90.0 Å². The van der Waals surface area contributed by atoms with E-state index in [1.807, 2.05) is 0 Å². The standard InChI is InChI=1S/C32H45NO3/c1-6-10-16-31(17-11-7-2)28-22-24(12-14-26(28)27-15-13-25(35-5)23-29(27)31)30(34)32(8-3,9-4)33-18-20-36-21-19-33/h12-15,22-23H,6-11,16-21H2,1-5H3. The van der Waals surface area contributed by atoms with Crippen molar-refractivity contribution in [1.82, 2.24) is 4.90 Å². The Morgan fingerprint density at radius 2 is 1.50 bits per heavy atom. The van der Waals surface area contributed by atoms with Crippen LogP contribution >= 0.6 is 0 Å². The summed E-state index contributed by atoms with van der Waals surface area (Å²) in [5.41, 5.74) is 5.66. The van der Waals surface area contributed by atoms with Crippen molar-refractivity contribution < 1.29 is 14.3 Å². The summed E-state index contributed by atoms with van der Waals surface area (Å²) in [5, 5.41) is 0. The number of rotatable bonds is 12. The number of benzene rings is 2. The first kappa shape index (κ1) is 26.9. The topological polar surface area (TPSA) is 38.8 Å². The van der Waals surface area contributed by atoms with Gasteiger partial charge >= 0.3 is 0 Å². The first-order chi connectivity index (χ1) is 17.5. The number of ketones is 1. The zero-order valence-electron chi connectivity index (χ0n) is 23.1. The molecule has 1 aliphatic carbocycles. The third-order valence-electron chi connectivity index (χ3n) is 8.95. The molecule has 1 saturated heterocycles. The van der Waals surface area contributed by atoms with E-state index >= 15 is 0 Å². The highest BCUT2D eigenvalue weighted by Crippen LogP contribution is 2.55. The van der Waals surface area contributed by atoms with Crippen LogP contribution in [0.5, 0.6) is 5.75 Å². The fraction of sp³-hybridized carbons (Fsp3) is 0.594. The number of unbranched alkanes of at least 4 members (excludes halogenated alkanes) is 2. The molecule has 2 aliphatic rings. The van der Waals surface area contributed by atoms with Crippen LogP contribution in [-0.2, 0) is 10.2 Å². The van der Waals surface area contributed by atoms with Crippen molar-refractivity contribution in [3.05, 3.63) is 53.1 Å². The fourth-order valence-corrected chi connectivity index (χ4v) is 6.79. The number of Topliss-reactive ketones (excluding diaryl/α,β-unsaturated/α-hetero) is 1. The van der Waals surface area contributed by atoms with Crippen LogP contribution in [0.25, 0.3) is 11.1 Å². The number of methoxy groups -OCH3 is 1. The summed E-state index contributed by atoms with van der Waals surface area (Å²) in [6.45, 7) is 11.9. The van der Waals surface area contributed by atoms with Crippen LogP contribution in [0.15, 0.2) is 36.4 Å². The van der Waals surface area contributed by atoms with Gasteiger partial charge in [0.25, 0.3) is 0 Å². The maximum absolute atomic E-state index is 14.3. The Labute approximate surface area is 218 Å². The Morgan fingerprint density at radius 1 is 0.917 bits per heavy atom. The molecule has 0 amide bonds. The van der Waals surface area contributed by atoms with Gasteiger partial charge in [-0.3, -0.25) is 9.69 Å². The maximum atomic E-state index is 14.3. The minimum absolute atomic E-state index is 0.0679. The van der Waals surface area contributed by atoms with E-state index in [0.29, 0.717) is 13.2 Å². The first-order valence-corrected chi connectivity index (χ1v) is 14.2. The monoisotopic (exact) mass is 491 g/mol. The molecular weight excluding hydrogens is 446 g/mol. The molecular formula is C32H45NO3. The van der Waals surface area contributed by atoms with Gasteiger partial charge in [0.05, 0.1) is 25.9 Å². The number of nitrogens with zero attached hydrogens (tertiary/aromatic N) is 1. The minimum Gasteiger partial charge on any atom is -0.497 e. The van der Waals surface area contributed by atoms with Gasteiger partial charge in [0.2, 0.25) is 0 Å². The molecule has 2 aromatic rings. The minimum atomic E-state index is -0.470. The average Bonchev–Trinajstić information content (AvgIpc) is 3.20. The Bertz CT molecular complexity index is 1040. The summed E-state index contributed by atoms with van der Waals surface area (Å²) in [5.74, 6) is 1.18. The lowest BCUT2D eigenvalue weighted by molar-refractivity contribution is -0.0175. The van der Waals surface area contributed by atoms with Crippen LogP contribution in [0.4, 0.5) is 0 Å². The Balaban J connectivity index is 1.85. The molecule has 4 nitrogen and oxygen atoms in total. The number of fused-ring (bicyclic) bond motifs is 3. The summed E-state index contributed by atoms with van der Waals surface area (Å²) in [6.07, 6.45) is 8.48. The molecule has 2 aromatic carbocycles. The molecule has 0 saturated carbocycles. The second-order valence-corrected chi connectivity index (χ2v) is 10.6. The number of carbonyl (C=O) groups excluding carboxylic acids is 1. The summed E-state index contributed by atoms with van der Waals surface area (Å²) in [4.78, 5) is 16.7. The van der Waals surface area contributed by atoms with Gasteiger partial charge in [-0.05, 0) is 66.1 Å². The Kier molecular flexibility index (Phi) is 8.57. The predicted molar refractivity (Wildman–Crippen MR) is 148 cm³/mol. The van der Waals surface area contributed by atoms with E-state index < -0.39 is 5.54 Å². The molecule has 1 aliphatic heterocycles. The van der Waals surface area contributed by atoms with Crippen LogP contribution in [-0.4, -0.2) is 49.6 Å². The number of hydrogen-bond donors (Lipinski definition) is 0. The summed E-state index contributed by atoms with van der Waals surface area (Å²) in [7, 11) is 1.75. The van der Waals surface area contributed by atoms with Crippen LogP contribution in [0, 0.1) is 0 Å². The molecule has 0 atom stereocenters. The second-order valence-electron chi connectivity index (χ2n) is 10.6. The number of hydrogen-bond acceptors (Lipinski definition) is 4. The van der Waals surface area contributed by atoms with Crippen molar-refractivity contribution >= 4 is 5.78 Å². The van der Waals surface area contributed by atoms with Gasteiger partial charge in [0.1, 0.15) is 5.75 Å². The fourth-order valence-electron chi connectivity index (χ4n) is 6.79. The summed E-state index contributed by atoms with van der Waals surface area (Å²) < 4.78 is 11.3. The van der Waals surface area contributed by atoms with Crippen LogP contribution in [0.2, 0.25) is 0 Å². The molecule has 196 valence electrons. The third kappa shape index (κ3) is 4.52. The van der Waals surface area contributed by atoms with Gasteiger partial charge in [-0.15, -0.1) is 0 Å². The average molecular weight is 492 g/mol. The normalized spacial score (nSPS) is 17.0. The maximum Gasteiger partial charge on any atom is 0.183 e. The van der Waals surface area contributed by atoms with Gasteiger partial charge in [0, 0.05) is 24.1 Å². The van der Waals surface area contributed by atoms with Gasteiger partial charge < -0.3 is 9.47 Å². The first-order valence-electron chi connectivity index (χ1n) is 14.2. The predicted octanol–water partition coefficient (Wildman–Crippen LogP) is 7.42. The SMILES string of the molecule is CCCCC1(CCCC)c2cc(OC)ccc2-c2ccc(C(=O)C(CC)(CC)N3CCOCC3)cc21. The highest BCUT2D eigenvalue weighted by Gasteiger charge is 2.45. The summed E-state index contributed by atoms with van der Waals surface area (Å²) >= 11 is 0. The van der Waals surface area contributed by atoms with Crippen molar-refractivity contribution in [3.8, 4) is 16.9 Å². The molecule has 4 heteroatoms. The number of ether oxygens (including phenoxy) is 2. The van der Waals surface area contributed by atoms with E-state index in [1.54, 1.807) is 7.11 Å². The van der Waals surface area contributed by atoms with Crippen molar-refractivity contribution in [1.29, 1.82) is 0 Å². The van der Waals surface area contributed by atoms with E-state index in [9.17, 15) is 4.79 Å². The lowest BCUT2D eigenvalue weighted by Crippen LogP contribution is -2.57. The molecule has 1 heterocycles. The molecule has 4 rings (SSSR count). The van der Waals surface area contributed by atoms with Crippen molar-refractivity contribution in [2.75, 3.05) is 33.4 Å². The van der Waals surface area contributed by atoms with Crippen LogP contribution in [0.3, 0.4) is 0 Å². The molecule has 0 radical (unpaired) electrons. The third-order valence-corrected chi connectivity index (χ3v) is 8.95.